The molecule has 5 heteroatoms. The number of halogens is 2. The van der Waals surface area contributed by atoms with E-state index in [1.54, 1.807) is 12.1 Å². The molecular weight excluding hydrogens is 279 g/mol. The predicted molar refractivity (Wildman–Crippen MR) is 77.5 cm³/mol. The summed E-state index contributed by atoms with van der Waals surface area (Å²) in [6.45, 7) is 2.42. The Labute approximate surface area is 124 Å². The molecule has 1 aliphatic carbocycles. The molecule has 1 heterocycles. The van der Waals surface area contributed by atoms with Gasteiger partial charge in [-0.2, -0.15) is 0 Å². The van der Waals surface area contributed by atoms with Gasteiger partial charge in [0.1, 0.15) is 5.82 Å². The molecule has 1 saturated carbocycles. The van der Waals surface area contributed by atoms with E-state index in [0.29, 0.717) is 6.04 Å². The molecule has 1 aromatic carbocycles. The van der Waals surface area contributed by atoms with Crippen LogP contribution in [0.15, 0.2) is 18.2 Å². The number of benzene rings is 1. The van der Waals surface area contributed by atoms with Gasteiger partial charge in [-0.25, -0.2) is 4.39 Å². The van der Waals surface area contributed by atoms with Crippen LogP contribution >= 0.6 is 11.6 Å². The molecule has 3 rings (SSSR count). The van der Waals surface area contributed by atoms with Crippen molar-refractivity contribution in [1.82, 2.24) is 10.2 Å². The molecule has 0 radical (unpaired) electrons. The van der Waals surface area contributed by atoms with E-state index in [0.717, 1.165) is 25.3 Å². The lowest BCUT2D eigenvalue weighted by atomic mass is 9.97. The molecule has 110 valence electrons. The van der Waals surface area contributed by atoms with Crippen molar-refractivity contribution in [2.45, 2.75) is 31.0 Å². The van der Waals surface area contributed by atoms with Gasteiger partial charge in [-0.3, -0.25) is 4.90 Å². The molecule has 2 unspecified atom stereocenters. The lowest BCUT2D eigenvalue weighted by Gasteiger charge is -2.42. The van der Waals surface area contributed by atoms with Crippen molar-refractivity contribution in [3.8, 4) is 0 Å². The van der Waals surface area contributed by atoms with E-state index in [-0.39, 0.29) is 23.0 Å². The van der Waals surface area contributed by atoms with E-state index in [4.69, 9.17) is 16.3 Å². The van der Waals surface area contributed by atoms with Crippen molar-refractivity contribution >= 4 is 11.6 Å². The average Bonchev–Trinajstić information content (AvgIpc) is 3.27. The van der Waals surface area contributed by atoms with E-state index in [9.17, 15) is 4.39 Å². The first-order valence-electron chi connectivity index (χ1n) is 7.17. The summed E-state index contributed by atoms with van der Waals surface area (Å²) in [5, 5.41) is 3.35. The molecule has 0 bridgehead atoms. The summed E-state index contributed by atoms with van der Waals surface area (Å²) in [7, 11) is 1.92. The molecule has 1 aliphatic heterocycles. The van der Waals surface area contributed by atoms with E-state index >= 15 is 0 Å². The lowest BCUT2D eigenvalue weighted by Crippen LogP contribution is -2.49. The number of morpholine rings is 1. The van der Waals surface area contributed by atoms with Crippen molar-refractivity contribution in [2.75, 3.05) is 26.7 Å². The van der Waals surface area contributed by atoms with E-state index in [1.165, 1.54) is 12.8 Å². The van der Waals surface area contributed by atoms with Gasteiger partial charge < -0.3 is 10.1 Å². The zero-order chi connectivity index (χ0) is 14.1. The number of likely N-dealkylation sites (N-methyl/N-ethyl adjacent to an activating group) is 1. The summed E-state index contributed by atoms with van der Waals surface area (Å²) >= 11 is 5.80. The van der Waals surface area contributed by atoms with Crippen LogP contribution in [0.4, 0.5) is 4.39 Å². The van der Waals surface area contributed by atoms with Gasteiger partial charge in [-0.05, 0) is 37.6 Å². The molecule has 1 saturated heterocycles. The van der Waals surface area contributed by atoms with Crippen molar-refractivity contribution in [1.29, 1.82) is 0 Å². The van der Waals surface area contributed by atoms with Crippen LogP contribution in [0.3, 0.4) is 0 Å². The number of hydrogen-bond acceptors (Lipinski definition) is 3. The molecule has 2 fully saturated rings. The van der Waals surface area contributed by atoms with Crippen molar-refractivity contribution in [3.63, 3.8) is 0 Å². The normalized spacial score (nSPS) is 27.8. The van der Waals surface area contributed by atoms with Gasteiger partial charge in [0.25, 0.3) is 0 Å². The fraction of sp³-hybridized carbons (Fsp3) is 0.600. The average molecular weight is 299 g/mol. The Morgan fingerprint density at radius 2 is 2.25 bits per heavy atom. The minimum atomic E-state index is -0.353. The van der Waals surface area contributed by atoms with Crippen LogP contribution in [0.25, 0.3) is 0 Å². The fourth-order valence-corrected chi connectivity index (χ4v) is 3.16. The maximum atomic E-state index is 13.8. The summed E-state index contributed by atoms with van der Waals surface area (Å²) in [6, 6.07) is 5.85. The Morgan fingerprint density at radius 1 is 1.45 bits per heavy atom. The number of rotatable bonds is 4. The summed E-state index contributed by atoms with van der Waals surface area (Å²) < 4.78 is 19.7. The van der Waals surface area contributed by atoms with E-state index in [1.807, 2.05) is 13.1 Å². The Bertz CT molecular complexity index is 479. The molecule has 1 N–H and O–H groups in total. The third kappa shape index (κ3) is 2.84. The van der Waals surface area contributed by atoms with Gasteiger partial charge in [0.05, 0.1) is 23.8 Å². The van der Waals surface area contributed by atoms with Gasteiger partial charge in [-0.1, -0.05) is 17.7 Å². The molecule has 2 atom stereocenters. The van der Waals surface area contributed by atoms with E-state index < -0.39 is 0 Å². The minimum absolute atomic E-state index is 0.0509. The standard InChI is InChI=1S/C15H20ClFN2O/c1-18-9-14-15(10-2-5-12(16)13(17)8-10)19(6-7-20-14)11-3-4-11/h2,5,8,11,14-15,18H,3-4,6-7,9H2,1H3. The van der Waals surface area contributed by atoms with Gasteiger partial charge in [0.15, 0.2) is 0 Å². The molecule has 20 heavy (non-hydrogen) atoms. The van der Waals surface area contributed by atoms with Gasteiger partial charge in [0, 0.05) is 19.1 Å². The Morgan fingerprint density at radius 3 is 2.90 bits per heavy atom. The first kappa shape index (κ1) is 14.3. The smallest absolute Gasteiger partial charge is 0.142 e. The van der Waals surface area contributed by atoms with Crippen LogP contribution in [0, 0.1) is 5.82 Å². The highest BCUT2D eigenvalue weighted by Gasteiger charge is 2.41. The first-order valence-corrected chi connectivity index (χ1v) is 7.55. The quantitative estimate of drug-likeness (QED) is 0.925. The van der Waals surface area contributed by atoms with Gasteiger partial charge in [0.2, 0.25) is 0 Å². The maximum Gasteiger partial charge on any atom is 0.142 e. The van der Waals surface area contributed by atoms with Crippen molar-refractivity contribution < 1.29 is 9.13 Å². The first-order chi connectivity index (χ1) is 9.70. The summed E-state index contributed by atoms with van der Waals surface area (Å²) in [5.74, 6) is -0.353. The van der Waals surface area contributed by atoms with Crippen molar-refractivity contribution in [2.24, 2.45) is 0 Å². The number of nitrogens with one attached hydrogen (secondary N) is 1. The molecule has 3 nitrogen and oxygen atoms in total. The second-order valence-corrected chi connectivity index (χ2v) is 5.96. The fourth-order valence-electron chi connectivity index (χ4n) is 3.04. The third-order valence-electron chi connectivity index (χ3n) is 4.10. The predicted octanol–water partition coefficient (Wildman–Crippen LogP) is 2.60. The molecule has 0 amide bonds. The van der Waals surface area contributed by atoms with Crippen LogP contribution < -0.4 is 5.32 Å². The van der Waals surface area contributed by atoms with Crippen LogP contribution in [-0.2, 0) is 4.74 Å². The Hall–Kier alpha value is -0.680. The van der Waals surface area contributed by atoms with Gasteiger partial charge in [-0.15, -0.1) is 0 Å². The zero-order valence-electron chi connectivity index (χ0n) is 11.6. The lowest BCUT2D eigenvalue weighted by molar-refractivity contribution is -0.0740. The summed E-state index contributed by atoms with van der Waals surface area (Å²) in [4.78, 5) is 2.47. The second-order valence-electron chi connectivity index (χ2n) is 5.55. The summed E-state index contributed by atoms with van der Waals surface area (Å²) in [6.07, 6.45) is 2.52. The molecule has 0 aromatic heterocycles. The summed E-state index contributed by atoms with van der Waals surface area (Å²) in [5.41, 5.74) is 0.957. The van der Waals surface area contributed by atoms with Gasteiger partial charge >= 0.3 is 0 Å². The number of ether oxygens (including phenoxy) is 1. The zero-order valence-corrected chi connectivity index (χ0v) is 12.4. The van der Waals surface area contributed by atoms with Crippen LogP contribution in [0.2, 0.25) is 5.02 Å². The minimum Gasteiger partial charge on any atom is -0.374 e. The van der Waals surface area contributed by atoms with Crippen LogP contribution in [-0.4, -0.2) is 43.8 Å². The molecule has 2 aliphatic rings. The number of nitrogens with zero attached hydrogens (tertiary/aromatic N) is 1. The largest absolute Gasteiger partial charge is 0.374 e. The van der Waals surface area contributed by atoms with Crippen LogP contribution in [0.1, 0.15) is 24.4 Å². The van der Waals surface area contributed by atoms with Crippen LogP contribution in [0.5, 0.6) is 0 Å². The Kier molecular flexibility index (Phi) is 4.26. The van der Waals surface area contributed by atoms with Crippen molar-refractivity contribution in [3.05, 3.63) is 34.6 Å². The SMILES string of the molecule is CNCC1OCCN(C2CC2)C1c1ccc(Cl)c(F)c1. The molecule has 1 aromatic rings. The highest BCUT2D eigenvalue weighted by Crippen LogP contribution is 2.39. The topological polar surface area (TPSA) is 24.5 Å². The second kappa shape index (κ2) is 5.98. The highest BCUT2D eigenvalue weighted by atomic mass is 35.5. The third-order valence-corrected chi connectivity index (χ3v) is 4.40. The molecular formula is C15H20ClFN2O. The number of hydrogen-bond donors (Lipinski definition) is 1. The van der Waals surface area contributed by atoms with E-state index in [2.05, 4.69) is 10.2 Å². The maximum absolute atomic E-state index is 13.8. The Balaban J connectivity index is 1.91. The monoisotopic (exact) mass is 298 g/mol. The molecule has 0 spiro atoms. The highest BCUT2D eigenvalue weighted by molar-refractivity contribution is 6.30.